The van der Waals surface area contributed by atoms with E-state index in [4.69, 9.17) is 16.9 Å². The lowest BCUT2D eigenvalue weighted by molar-refractivity contribution is 0.318. The summed E-state index contributed by atoms with van der Waals surface area (Å²) in [5, 5.41) is 9.37. The zero-order valence-corrected chi connectivity index (χ0v) is 4.09. The Morgan fingerprint density at radius 2 is 1.88 bits per heavy atom. The van der Waals surface area contributed by atoms with Crippen LogP contribution in [0.25, 0.3) is 0 Å². The molecule has 0 aliphatic carbocycles. The molecule has 46 valence electrons. The molecule has 0 unspecified atom stereocenters. The van der Waals surface area contributed by atoms with Crippen LogP contribution in [-0.4, -0.2) is 12.0 Å². The van der Waals surface area contributed by atoms with Crippen molar-refractivity contribution in [1.29, 1.82) is 5.41 Å². The minimum atomic E-state index is -0.543. The standard InChI is InChI=1S/C2H7N5O/c3-1(4)7-8-2(5)6/h(H3,5,6)(H4,3,4,7). The molecule has 0 aromatic rings. The molecule has 0 bridgehead atoms. The van der Waals surface area contributed by atoms with Gasteiger partial charge >= 0.3 is 6.02 Å². The van der Waals surface area contributed by atoms with Crippen molar-refractivity contribution in [2.24, 2.45) is 22.4 Å². The SMILES string of the molecule is N=C(N)ON=C(N)N. The lowest BCUT2D eigenvalue weighted by atomic mass is 11.1. The topological polar surface area (TPSA) is 124 Å². The molecule has 0 aliphatic heterocycles. The van der Waals surface area contributed by atoms with Gasteiger partial charge in [-0.1, -0.05) is 0 Å². The van der Waals surface area contributed by atoms with Gasteiger partial charge in [-0.25, -0.2) is 5.41 Å². The summed E-state index contributed by atoms with van der Waals surface area (Å²) in [6.07, 6.45) is 0. The van der Waals surface area contributed by atoms with Gasteiger partial charge in [0.25, 0.3) is 0 Å². The second-order valence-electron chi connectivity index (χ2n) is 0.972. The van der Waals surface area contributed by atoms with E-state index in [0.717, 1.165) is 0 Å². The van der Waals surface area contributed by atoms with Crippen LogP contribution >= 0.6 is 0 Å². The van der Waals surface area contributed by atoms with E-state index in [9.17, 15) is 0 Å². The van der Waals surface area contributed by atoms with Crippen LogP contribution in [0, 0.1) is 5.41 Å². The Balaban J connectivity index is 3.45. The van der Waals surface area contributed by atoms with Gasteiger partial charge in [0, 0.05) is 0 Å². The number of hydrogen-bond acceptors (Lipinski definition) is 3. The Hall–Kier alpha value is -1.46. The van der Waals surface area contributed by atoms with Crippen molar-refractivity contribution >= 4 is 12.0 Å². The van der Waals surface area contributed by atoms with Gasteiger partial charge in [-0.15, -0.1) is 0 Å². The van der Waals surface area contributed by atoms with Crippen LogP contribution in [0.5, 0.6) is 0 Å². The molecule has 0 radical (unpaired) electrons. The fraction of sp³-hybridized carbons (Fsp3) is 0. The highest BCUT2D eigenvalue weighted by atomic mass is 16.6. The average Bonchev–Trinajstić information content (AvgIpc) is 1.61. The molecular formula is C2H7N5O. The number of oxime groups is 1. The van der Waals surface area contributed by atoms with Gasteiger partial charge in [0.1, 0.15) is 0 Å². The van der Waals surface area contributed by atoms with Gasteiger partial charge in [-0.05, 0) is 5.16 Å². The quantitative estimate of drug-likeness (QED) is 0.181. The predicted molar refractivity (Wildman–Crippen MR) is 28.8 cm³/mol. The number of amidine groups is 1. The van der Waals surface area contributed by atoms with Gasteiger partial charge < -0.3 is 22.0 Å². The second-order valence-corrected chi connectivity index (χ2v) is 0.972. The average molecular weight is 117 g/mol. The number of guanidine groups is 1. The molecule has 0 rings (SSSR count). The molecule has 0 saturated heterocycles. The van der Waals surface area contributed by atoms with E-state index in [0.29, 0.717) is 0 Å². The minimum Gasteiger partial charge on any atom is -0.367 e. The smallest absolute Gasteiger partial charge is 0.309 e. The third-order valence-corrected chi connectivity index (χ3v) is 0.249. The summed E-state index contributed by atoms with van der Waals surface area (Å²) < 4.78 is 0. The van der Waals surface area contributed by atoms with Crippen molar-refractivity contribution in [3.63, 3.8) is 0 Å². The maximum absolute atomic E-state index is 6.42. The Morgan fingerprint density at radius 1 is 1.38 bits per heavy atom. The Bertz CT molecular complexity index is 114. The van der Waals surface area contributed by atoms with E-state index < -0.39 is 6.02 Å². The lowest BCUT2D eigenvalue weighted by Gasteiger charge is -1.90. The zero-order valence-electron chi connectivity index (χ0n) is 4.09. The molecule has 6 heteroatoms. The van der Waals surface area contributed by atoms with Crippen molar-refractivity contribution in [1.82, 2.24) is 0 Å². The van der Waals surface area contributed by atoms with E-state index >= 15 is 0 Å². The lowest BCUT2D eigenvalue weighted by Crippen LogP contribution is -2.24. The van der Waals surface area contributed by atoms with Gasteiger partial charge in [-0.3, -0.25) is 0 Å². The maximum Gasteiger partial charge on any atom is 0.309 e. The van der Waals surface area contributed by atoms with Gasteiger partial charge in [-0.2, -0.15) is 0 Å². The Morgan fingerprint density at radius 3 is 2.00 bits per heavy atom. The molecule has 0 aliphatic rings. The minimum absolute atomic E-state index is 0.264. The van der Waals surface area contributed by atoms with E-state index in [1.807, 2.05) is 0 Å². The number of hydrogen-bond donors (Lipinski definition) is 4. The fourth-order valence-corrected chi connectivity index (χ4v) is 0.102. The van der Waals surface area contributed by atoms with E-state index in [1.165, 1.54) is 0 Å². The molecule has 7 N–H and O–H groups in total. The number of nitrogens with two attached hydrogens (primary N) is 3. The van der Waals surface area contributed by atoms with Crippen LogP contribution in [-0.2, 0) is 4.84 Å². The number of nitrogens with zero attached hydrogens (tertiary/aromatic N) is 1. The third-order valence-electron chi connectivity index (χ3n) is 0.249. The summed E-state index contributed by atoms with van der Waals surface area (Å²) in [7, 11) is 0. The van der Waals surface area contributed by atoms with Crippen molar-refractivity contribution in [3.8, 4) is 0 Å². The monoisotopic (exact) mass is 117 g/mol. The van der Waals surface area contributed by atoms with Crippen LogP contribution in [0.1, 0.15) is 0 Å². The summed E-state index contributed by atoms with van der Waals surface area (Å²) in [4.78, 5) is 4.00. The third kappa shape index (κ3) is 4.54. The normalized spacial score (nSPS) is 7.50. The van der Waals surface area contributed by atoms with E-state index in [2.05, 4.69) is 15.7 Å². The van der Waals surface area contributed by atoms with Crippen LogP contribution in [0.3, 0.4) is 0 Å². The van der Waals surface area contributed by atoms with E-state index in [-0.39, 0.29) is 5.96 Å². The van der Waals surface area contributed by atoms with Crippen molar-refractivity contribution in [2.75, 3.05) is 0 Å². The first-order chi connectivity index (χ1) is 3.63. The van der Waals surface area contributed by atoms with Crippen molar-refractivity contribution in [2.45, 2.75) is 0 Å². The van der Waals surface area contributed by atoms with E-state index in [1.54, 1.807) is 0 Å². The summed E-state index contributed by atoms with van der Waals surface area (Å²) >= 11 is 0. The summed E-state index contributed by atoms with van der Waals surface area (Å²) in [5.74, 6) is -0.264. The maximum atomic E-state index is 6.42. The predicted octanol–water partition coefficient (Wildman–Crippen LogP) is -1.92. The highest BCUT2D eigenvalue weighted by Gasteiger charge is 1.82. The fourth-order valence-electron chi connectivity index (χ4n) is 0.102. The summed E-state index contributed by atoms with van der Waals surface area (Å²) in [5.41, 5.74) is 14.3. The Labute approximate surface area is 45.8 Å². The number of nitrogens with one attached hydrogen (secondary N) is 1. The highest BCUT2D eigenvalue weighted by molar-refractivity contribution is 5.76. The molecule has 0 aromatic carbocycles. The molecule has 0 amide bonds. The first-order valence-electron chi connectivity index (χ1n) is 1.73. The summed E-state index contributed by atoms with van der Waals surface area (Å²) in [6.45, 7) is 0. The highest BCUT2D eigenvalue weighted by Crippen LogP contribution is 1.67. The van der Waals surface area contributed by atoms with Gasteiger partial charge in [0.05, 0.1) is 0 Å². The molecule has 0 spiro atoms. The first kappa shape index (κ1) is 6.54. The van der Waals surface area contributed by atoms with Crippen molar-refractivity contribution < 1.29 is 4.84 Å². The molecule has 0 fully saturated rings. The molecule has 6 nitrogen and oxygen atoms in total. The van der Waals surface area contributed by atoms with Gasteiger partial charge in [0.2, 0.25) is 5.96 Å². The molecular weight excluding hydrogens is 110 g/mol. The molecule has 0 saturated carbocycles. The zero-order chi connectivity index (χ0) is 6.57. The van der Waals surface area contributed by atoms with Crippen molar-refractivity contribution in [3.05, 3.63) is 0 Å². The number of rotatable bonds is 1. The van der Waals surface area contributed by atoms with Crippen LogP contribution in [0.4, 0.5) is 0 Å². The molecule has 0 heterocycles. The van der Waals surface area contributed by atoms with Crippen LogP contribution in [0.15, 0.2) is 5.16 Å². The molecule has 0 atom stereocenters. The van der Waals surface area contributed by atoms with Crippen LogP contribution < -0.4 is 17.2 Å². The summed E-state index contributed by atoms with van der Waals surface area (Å²) in [6, 6.07) is -0.543. The molecule has 8 heavy (non-hydrogen) atoms. The second kappa shape index (κ2) is 2.67. The van der Waals surface area contributed by atoms with Crippen LogP contribution in [0.2, 0.25) is 0 Å². The Kier molecular flexibility index (Phi) is 2.18. The van der Waals surface area contributed by atoms with Gasteiger partial charge in [0.15, 0.2) is 0 Å². The largest absolute Gasteiger partial charge is 0.367 e. The molecule has 0 aromatic heterocycles. The first-order valence-corrected chi connectivity index (χ1v) is 1.73.